The first-order valence-corrected chi connectivity index (χ1v) is 10.6. The molecule has 0 amide bonds. The molecule has 0 fully saturated rings. The second-order valence-electron chi connectivity index (χ2n) is 7.63. The number of hydrogen-bond donors (Lipinski definition) is 1. The Bertz CT molecular complexity index is 1170. The van der Waals surface area contributed by atoms with Crippen molar-refractivity contribution in [2.75, 3.05) is 6.54 Å². The van der Waals surface area contributed by atoms with Gasteiger partial charge in [-0.2, -0.15) is 5.26 Å². The minimum absolute atomic E-state index is 0.685. The van der Waals surface area contributed by atoms with E-state index in [4.69, 9.17) is 5.26 Å². The van der Waals surface area contributed by atoms with Crippen LogP contribution in [0.15, 0.2) is 85.3 Å². The van der Waals surface area contributed by atoms with Gasteiger partial charge in [-0.05, 0) is 46.5 Å². The van der Waals surface area contributed by atoms with E-state index in [1.165, 1.54) is 27.8 Å². The number of hydrogen-bond acceptors (Lipinski definition) is 3. The number of benzene rings is 3. The fourth-order valence-electron chi connectivity index (χ4n) is 3.75. The lowest BCUT2D eigenvalue weighted by molar-refractivity contribution is 0.728. The third-order valence-corrected chi connectivity index (χ3v) is 5.47. The summed E-state index contributed by atoms with van der Waals surface area (Å²) in [6.45, 7) is 4.75. The molecule has 1 N–H and O–H groups in total. The smallest absolute Gasteiger partial charge is 0.0991 e. The van der Waals surface area contributed by atoms with Crippen molar-refractivity contribution in [3.05, 3.63) is 113 Å². The highest BCUT2D eigenvalue weighted by Crippen LogP contribution is 2.24. The lowest BCUT2D eigenvalue weighted by Gasteiger charge is -2.12. The first-order valence-electron chi connectivity index (χ1n) is 10.6. The Labute approximate surface area is 183 Å². The predicted octanol–water partition coefficient (Wildman–Crippen LogP) is 5.17. The van der Waals surface area contributed by atoms with E-state index in [0.717, 1.165) is 31.7 Å². The summed E-state index contributed by atoms with van der Waals surface area (Å²) >= 11 is 0. The third kappa shape index (κ3) is 5.09. The van der Waals surface area contributed by atoms with Gasteiger partial charge in [-0.1, -0.05) is 67.6 Å². The molecule has 1 heterocycles. The number of rotatable bonds is 8. The SMILES string of the molecule is CCNCc1ccccc1-c1ccc(Cn2cncc2Cc2ccc(C#N)cc2)cc1. The Balaban J connectivity index is 1.48. The summed E-state index contributed by atoms with van der Waals surface area (Å²) in [5, 5.41) is 12.4. The standard InChI is InChI=1S/C27H26N4/c1-2-29-17-25-5-3-4-6-27(25)24-13-11-23(12-14-24)19-31-20-30-18-26(31)15-21-7-9-22(16-28)10-8-21/h3-14,18,20,29H,2,15,17,19H2,1H3. The molecule has 0 radical (unpaired) electrons. The lowest BCUT2D eigenvalue weighted by Crippen LogP contribution is -2.12. The zero-order chi connectivity index (χ0) is 21.5. The molecule has 0 bridgehead atoms. The molecule has 0 spiro atoms. The Morgan fingerprint density at radius 1 is 0.935 bits per heavy atom. The molecule has 0 saturated carbocycles. The van der Waals surface area contributed by atoms with E-state index < -0.39 is 0 Å². The van der Waals surface area contributed by atoms with Crippen LogP contribution in [0.1, 0.15) is 34.9 Å². The quantitative estimate of drug-likeness (QED) is 0.439. The molecule has 4 aromatic rings. The Morgan fingerprint density at radius 2 is 1.68 bits per heavy atom. The van der Waals surface area contributed by atoms with Crippen molar-refractivity contribution in [3.63, 3.8) is 0 Å². The minimum Gasteiger partial charge on any atom is -0.330 e. The summed E-state index contributed by atoms with van der Waals surface area (Å²) in [4.78, 5) is 4.36. The molecular weight excluding hydrogens is 380 g/mol. The van der Waals surface area contributed by atoms with Gasteiger partial charge in [0.1, 0.15) is 0 Å². The molecule has 0 aliphatic heterocycles. The van der Waals surface area contributed by atoms with Gasteiger partial charge in [0.2, 0.25) is 0 Å². The topological polar surface area (TPSA) is 53.6 Å². The molecule has 4 heteroatoms. The zero-order valence-corrected chi connectivity index (χ0v) is 17.8. The monoisotopic (exact) mass is 406 g/mol. The average molecular weight is 407 g/mol. The number of imidazole rings is 1. The van der Waals surface area contributed by atoms with E-state index in [9.17, 15) is 0 Å². The largest absolute Gasteiger partial charge is 0.330 e. The van der Waals surface area contributed by atoms with Crippen molar-refractivity contribution < 1.29 is 0 Å². The van der Waals surface area contributed by atoms with Crippen LogP contribution < -0.4 is 5.32 Å². The van der Waals surface area contributed by atoms with Gasteiger partial charge >= 0.3 is 0 Å². The van der Waals surface area contributed by atoms with Crippen LogP contribution in [0.5, 0.6) is 0 Å². The summed E-state index contributed by atoms with van der Waals surface area (Å²) in [7, 11) is 0. The van der Waals surface area contributed by atoms with Crippen LogP contribution in [0.3, 0.4) is 0 Å². The van der Waals surface area contributed by atoms with Crippen LogP contribution in [-0.4, -0.2) is 16.1 Å². The van der Waals surface area contributed by atoms with Crippen molar-refractivity contribution in [2.24, 2.45) is 0 Å². The Morgan fingerprint density at radius 3 is 2.42 bits per heavy atom. The highest BCUT2D eigenvalue weighted by Gasteiger charge is 2.07. The maximum Gasteiger partial charge on any atom is 0.0991 e. The van der Waals surface area contributed by atoms with Crippen LogP contribution in [-0.2, 0) is 19.5 Å². The molecule has 3 aromatic carbocycles. The highest BCUT2D eigenvalue weighted by atomic mass is 15.0. The maximum absolute atomic E-state index is 8.97. The van der Waals surface area contributed by atoms with E-state index in [1.54, 1.807) is 0 Å². The summed E-state index contributed by atoms with van der Waals surface area (Å²) < 4.78 is 2.19. The van der Waals surface area contributed by atoms with Crippen LogP contribution in [0, 0.1) is 11.3 Å². The van der Waals surface area contributed by atoms with Crippen molar-refractivity contribution in [1.82, 2.24) is 14.9 Å². The fraction of sp³-hybridized carbons (Fsp3) is 0.185. The van der Waals surface area contributed by atoms with E-state index in [-0.39, 0.29) is 0 Å². The second-order valence-corrected chi connectivity index (χ2v) is 7.63. The van der Waals surface area contributed by atoms with Crippen molar-refractivity contribution >= 4 is 0 Å². The molecule has 0 aliphatic carbocycles. The summed E-state index contributed by atoms with van der Waals surface area (Å²) in [5.74, 6) is 0. The molecule has 4 rings (SSSR count). The van der Waals surface area contributed by atoms with Gasteiger partial charge in [0, 0.05) is 31.4 Å². The van der Waals surface area contributed by atoms with Crippen LogP contribution >= 0.6 is 0 Å². The highest BCUT2D eigenvalue weighted by molar-refractivity contribution is 5.67. The van der Waals surface area contributed by atoms with Gasteiger partial charge < -0.3 is 9.88 Å². The molecular formula is C27H26N4. The molecule has 0 atom stereocenters. The van der Waals surface area contributed by atoms with Crippen LogP contribution in [0.25, 0.3) is 11.1 Å². The van der Waals surface area contributed by atoms with Crippen molar-refractivity contribution in [3.8, 4) is 17.2 Å². The molecule has 4 nitrogen and oxygen atoms in total. The summed E-state index contributed by atoms with van der Waals surface area (Å²) in [5.41, 5.74) is 8.09. The zero-order valence-electron chi connectivity index (χ0n) is 17.8. The molecule has 0 aliphatic rings. The normalized spacial score (nSPS) is 10.7. The fourth-order valence-corrected chi connectivity index (χ4v) is 3.75. The van der Waals surface area contributed by atoms with Gasteiger partial charge in [-0.15, -0.1) is 0 Å². The molecule has 1 aromatic heterocycles. The van der Waals surface area contributed by atoms with Gasteiger partial charge in [0.15, 0.2) is 0 Å². The predicted molar refractivity (Wildman–Crippen MR) is 125 cm³/mol. The molecule has 0 saturated heterocycles. The van der Waals surface area contributed by atoms with E-state index in [2.05, 4.69) is 76.4 Å². The number of aromatic nitrogens is 2. The van der Waals surface area contributed by atoms with E-state index >= 15 is 0 Å². The van der Waals surface area contributed by atoms with Gasteiger partial charge in [-0.25, -0.2) is 4.98 Å². The summed E-state index contributed by atoms with van der Waals surface area (Å²) in [6.07, 6.45) is 4.60. The maximum atomic E-state index is 8.97. The lowest BCUT2D eigenvalue weighted by atomic mass is 9.98. The van der Waals surface area contributed by atoms with Crippen molar-refractivity contribution in [2.45, 2.75) is 26.4 Å². The van der Waals surface area contributed by atoms with Gasteiger partial charge in [0.25, 0.3) is 0 Å². The van der Waals surface area contributed by atoms with E-state index in [0.29, 0.717) is 5.56 Å². The first kappa shape index (κ1) is 20.6. The number of nitrogens with zero attached hydrogens (tertiary/aromatic N) is 3. The number of nitriles is 1. The molecule has 31 heavy (non-hydrogen) atoms. The minimum atomic E-state index is 0.685. The van der Waals surface area contributed by atoms with Crippen LogP contribution in [0.4, 0.5) is 0 Å². The van der Waals surface area contributed by atoms with Gasteiger partial charge in [0.05, 0.1) is 18.0 Å². The Hall–Kier alpha value is -3.68. The molecule has 0 unspecified atom stereocenters. The average Bonchev–Trinajstić information content (AvgIpc) is 3.25. The van der Waals surface area contributed by atoms with Gasteiger partial charge in [-0.3, -0.25) is 0 Å². The third-order valence-electron chi connectivity index (χ3n) is 5.47. The second kappa shape index (κ2) is 9.88. The van der Waals surface area contributed by atoms with Crippen LogP contribution in [0.2, 0.25) is 0 Å². The van der Waals surface area contributed by atoms with E-state index in [1.807, 2.05) is 36.8 Å². The first-order chi connectivity index (χ1) is 15.3. The molecule has 154 valence electrons. The Kier molecular flexibility index (Phi) is 6.56. The summed E-state index contributed by atoms with van der Waals surface area (Å²) in [6, 6.07) is 27.3. The number of nitrogens with one attached hydrogen (secondary N) is 1. The van der Waals surface area contributed by atoms with Crippen molar-refractivity contribution in [1.29, 1.82) is 5.26 Å².